The van der Waals surface area contributed by atoms with Crippen LogP contribution in [0.25, 0.3) is 11.1 Å². The maximum Gasteiger partial charge on any atom is 0.325 e. The van der Waals surface area contributed by atoms with Crippen molar-refractivity contribution in [2.24, 2.45) is 11.8 Å². The Labute approximate surface area is 331 Å². The van der Waals surface area contributed by atoms with E-state index in [0.29, 0.717) is 18.5 Å². The summed E-state index contributed by atoms with van der Waals surface area (Å²) in [6.07, 6.45) is 5.44. The van der Waals surface area contributed by atoms with E-state index in [0.717, 1.165) is 52.6 Å². The quantitative estimate of drug-likeness (QED) is 0.146. The van der Waals surface area contributed by atoms with Crippen LogP contribution in [0.3, 0.4) is 0 Å². The van der Waals surface area contributed by atoms with Crippen molar-refractivity contribution in [2.75, 3.05) is 19.7 Å². The number of fused-ring (bicyclic) bond motifs is 1. The van der Waals surface area contributed by atoms with Gasteiger partial charge in [0.2, 0.25) is 5.91 Å². The van der Waals surface area contributed by atoms with E-state index in [1.807, 2.05) is 87.5 Å². The minimum absolute atomic E-state index is 0.0247. The van der Waals surface area contributed by atoms with E-state index in [4.69, 9.17) is 14.2 Å². The summed E-state index contributed by atoms with van der Waals surface area (Å²) in [5.74, 6) is 0.163. The predicted octanol–water partition coefficient (Wildman–Crippen LogP) is 6.94. The van der Waals surface area contributed by atoms with Crippen LogP contribution >= 0.6 is 0 Å². The van der Waals surface area contributed by atoms with Crippen LogP contribution in [0.1, 0.15) is 108 Å². The number of aliphatic hydroxyl groups excluding tert-OH is 1. The molecule has 1 saturated carbocycles. The summed E-state index contributed by atoms with van der Waals surface area (Å²) in [5, 5.41) is 18.4. The first-order valence-corrected chi connectivity index (χ1v) is 20.4. The van der Waals surface area contributed by atoms with Crippen molar-refractivity contribution in [1.82, 2.24) is 20.9 Å². The summed E-state index contributed by atoms with van der Waals surface area (Å²) in [4.78, 5) is 40.3. The van der Waals surface area contributed by atoms with Crippen LogP contribution in [-0.4, -0.2) is 71.3 Å². The number of benzene rings is 3. The summed E-state index contributed by atoms with van der Waals surface area (Å²) >= 11 is 0. The number of hydrogen-bond donors (Lipinski definition) is 4. The molecule has 0 aromatic heterocycles. The maximum atomic E-state index is 13.9. The second kappa shape index (κ2) is 18.8. The van der Waals surface area contributed by atoms with Gasteiger partial charge in [0, 0.05) is 36.2 Å². The fourth-order valence-electron chi connectivity index (χ4n) is 8.60. The topological polar surface area (TPSA) is 138 Å². The van der Waals surface area contributed by atoms with Gasteiger partial charge in [0.15, 0.2) is 6.29 Å². The SMILES string of the molecule is CCOC(=O)CNC(=O)NCc1cccc(-c2cccc(C3OC(CN4C(C(=O)NC(C)(C)C)CCC5CCCCC54)C(C)C(c4ccc(CO)cc4)O3)c2)c1. The number of esters is 1. The van der Waals surface area contributed by atoms with Gasteiger partial charge in [-0.25, -0.2) is 4.79 Å². The molecule has 56 heavy (non-hydrogen) atoms. The number of amides is 3. The van der Waals surface area contributed by atoms with Crippen LogP contribution in [0.15, 0.2) is 72.8 Å². The average molecular weight is 769 g/mol. The van der Waals surface area contributed by atoms with E-state index in [2.05, 4.69) is 33.8 Å². The maximum absolute atomic E-state index is 13.9. The van der Waals surface area contributed by atoms with Crippen LogP contribution in [0.2, 0.25) is 0 Å². The zero-order valence-electron chi connectivity index (χ0n) is 33.6. The Morgan fingerprint density at radius 3 is 2.32 bits per heavy atom. The van der Waals surface area contributed by atoms with Gasteiger partial charge < -0.3 is 35.3 Å². The lowest BCUT2D eigenvalue weighted by molar-refractivity contribution is -0.278. The summed E-state index contributed by atoms with van der Waals surface area (Å²) in [7, 11) is 0. The van der Waals surface area contributed by atoms with Crippen molar-refractivity contribution in [3.05, 3.63) is 95.1 Å². The molecule has 3 amide bonds. The summed E-state index contributed by atoms with van der Waals surface area (Å²) < 4.78 is 18.8. The lowest BCUT2D eigenvalue weighted by atomic mass is 9.75. The largest absolute Gasteiger partial charge is 0.465 e. The Morgan fingerprint density at radius 2 is 1.59 bits per heavy atom. The summed E-state index contributed by atoms with van der Waals surface area (Å²) in [6, 6.07) is 23.8. The number of rotatable bonds is 12. The van der Waals surface area contributed by atoms with Gasteiger partial charge in [-0.1, -0.05) is 80.4 Å². The van der Waals surface area contributed by atoms with Gasteiger partial charge >= 0.3 is 12.0 Å². The second-order valence-corrected chi connectivity index (χ2v) is 16.6. The first-order chi connectivity index (χ1) is 26.9. The Kier molecular flexibility index (Phi) is 13.9. The van der Waals surface area contributed by atoms with Crippen molar-refractivity contribution in [2.45, 2.75) is 122 Å². The number of piperidine rings is 1. The van der Waals surface area contributed by atoms with Crippen molar-refractivity contribution in [1.29, 1.82) is 0 Å². The number of carbonyl (C=O) groups excluding carboxylic acids is 3. The number of nitrogens with zero attached hydrogens (tertiary/aromatic N) is 1. The molecule has 11 heteroatoms. The van der Waals surface area contributed by atoms with Crippen LogP contribution in [0, 0.1) is 11.8 Å². The predicted molar refractivity (Wildman–Crippen MR) is 215 cm³/mol. The van der Waals surface area contributed by atoms with Gasteiger partial charge in [0.1, 0.15) is 6.54 Å². The molecular weight excluding hydrogens is 709 g/mol. The highest BCUT2D eigenvalue weighted by molar-refractivity contribution is 5.82. The molecule has 11 nitrogen and oxygen atoms in total. The minimum atomic E-state index is -0.666. The van der Waals surface area contributed by atoms with Crippen LogP contribution in [-0.2, 0) is 37.0 Å². The number of nitrogens with one attached hydrogen (secondary N) is 3. The van der Waals surface area contributed by atoms with Gasteiger partial charge in [-0.05, 0) is 99.2 Å². The molecule has 2 saturated heterocycles. The fourth-order valence-corrected chi connectivity index (χ4v) is 8.60. The van der Waals surface area contributed by atoms with E-state index < -0.39 is 18.3 Å². The molecule has 3 aromatic carbocycles. The molecule has 2 aliphatic heterocycles. The highest BCUT2D eigenvalue weighted by atomic mass is 16.7. The zero-order chi connectivity index (χ0) is 39.8. The number of hydrogen-bond acceptors (Lipinski definition) is 8. The number of carbonyl (C=O) groups is 3. The Hall–Kier alpha value is -4.29. The molecule has 7 atom stereocenters. The lowest BCUT2D eigenvalue weighted by Crippen LogP contribution is -2.61. The van der Waals surface area contributed by atoms with Gasteiger partial charge in [-0.3, -0.25) is 14.5 Å². The van der Waals surface area contributed by atoms with Gasteiger partial charge in [-0.2, -0.15) is 0 Å². The van der Waals surface area contributed by atoms with E-state index in [1.165, 1.54) is 19.3 Å². The Balaban J connectivity index is 1.25. The molecule has 6 rings (SSSR count). The highest BCUT2D eigenvalue weighted by Gasteiger charge is 2.46. The summed E-state index contributed by atoms with van der Waals surface area (Å²) in [5.41, 5.74) is 5.26. The third-order valence-electron chi connectivity index (χ3n) is 11.4. The number of ether oxygens (including phenoxy) is 3. The van der Waals surface area contributed by atoms with E-state index in [9.17, 15) is 19.5 Å². The third-order valence-corrected chi connectivity index (χ3v) is 11.4. The van der Waals surface area contributed by atoms with Crippen molar-refractivity contribution < 1.29 is 33.7 Å². The molecule has 0 bridgehead atoms. The molecular formula is C45H60N4O7. The van der Waals surface area contributed by atoms with E-state index >= 15 is 0 Å². The molecule has 0 spiro atoms. The van der Waals surface area contributed by atoms with Gasteiger partial charge in [0.25, 0.3) is 0 Å². The van der Waals surface area contributed by atoms with Crippen LogP contribution in [0.5, 0.6) is 0 Å². The molecule has 302 valence electrons. The second-order valence-electron chi connectivity index (χ2n) is 16.6. The molecule has 2 heterocycles. The van der Waals surface area contributed by atoms with E-state index in [1.54, 1.807) is 6.92 Å². The van der Waals surface area contributed by atoms with Gasteiger partial charge in [-0.15, -0.1) is 0 Å². The normalized spacial score (nSPS) is 25.4. The first kappa shape index (κ1) is 41.3. The third kappa shape index (κ3) is 10.6. The average Bonchev–Trinajstić information content (AvgIpc) is 3.19. The number of likely N-dealkylation sites (tertiary alicyclic amines) is 1. The molecule has 3 aromatic rings. The number of urea groups is 1. The zero-order valence-corrected chi connectivity index (χ0v) is 33.6. The molecule has 0 radical (unpaired) electrons. The smallest absolute Gasteiger partial charge is 0.325 e. The monoisotopic (exact) mass is 768 g/mol. The van der Waals surface area contributed by atoms with Crippen molar-refractivity contribution >= 4 is 17.9 Å². The lowest BCUT2D eigenvalue weighted by Gasteiger charge is -2.51. The summed E-state index contributed by atoms with van der Waals surface area (Å²) in [6.45, 7) is 11.0. The minimum Gasteiger partial charge on any atom is -0.465 e. The van der Waals surface area contributed by atoms with E-state index in [-0.39, 0.29) is 61.9 Å². The molecule has 7 unspecified atom stereocenters. The molecule has 3 fully saturated rings. The standard InChI is InChI=1S/C45H60N4O7/c1-6-54-40(51)26-47-44(53)46-25-31-11-9-13-34(23-31)35-14-10-15-36(24-35)43-55-39(29(2)41(56-43)33-19-17-30(28-50)18-20-33)27-49-37-16-8-7-12-32(37)21-22-38(49)42(52)48-45(3,4)5/h9-11,13-15,17-20,23-24,29,32,37-39,41,43,50H,6-8,12,16,21-22,25-28H2,1-5H3,(H,48,52)(H2,46,47,53). The Morgan fingerprint density at radius 1 is 0.857 bits per heavy atom. The van der Waals surface area contributed by atoms with Gasteiger partial charge in [0.05, 0.1) is 31.5 Å². The fraction of sp³-hybridized carbons (Fsp3) is 0.533. The molecule has 3 aliphatic rings. The molecule has 1 aliphatic carbocycles. The van der Waals surface area contributed by atoms with Crippen LogP contribution < -0.4 is 16.0 Å². The van der Waals surface area contributed by atoms with Crippen molar-refractivity contribution in [3.63, 3.8) is 0 Å². The highest BCUT2D eigenvalue weighted by Crippen LogP contribution is 2.45. The first-order valence-electron chi connectivity index (χ1n) is 20.4. The Bertz CT molecular complexity index is 1790. The number of aliphatic hydroxyl groups is 1. The van der Waals surface area contributed by atoms with Crippen LogP contribution in [0.4, 0.5) is 4.79 Å². The van der Waals surface area contributed by atoms with Crippen molar-refractivity contribution in [3.8, 4) is 11.1 Å². The molecule has 4 N–H and O–H groups in total.